The summed E-state index contributed by atoms with van der Waals surface area (Å²) >= 11 is 0. The van der Waals surface area contributed by atoms with E-state index in [9.17, 15) is 5.11 Å². The molecule has 4 heteroatoms. The topological polar surface area (TPSA) is 54.4 Å². The molecule has 0 fully saturated rings. The Morgan fingerprint density at radius 1 is 1.29 bits per heavy atom. The van der Waals surface area contributed by atoms with E-state index in [4.69, 9.17) is 4.74 Å². The third kappa shape index (κ3) is 4.16. The van der Waals surface area contributed by atoms with E-state index >= 15 is 0 Å². The zero-order chi connectivity index (χ0) is 15.1. The zero-order valence-electron chi connectivity index (χ0n) is 12.8. The van der Waals surface area contributed by atoms with E-state index < -0.39 is 0 Å². The molecule has 1 aromatic carbocycles. The van der Waals surface area contributed by atoms with Gasteiger partial charge in [0, 0.05) is 23.5 Å². The Balaban J connectivity index is 1.98. The Morgan fingerprint density at radius 2 is 2.10 bits per heavy atom. The van der Waals surface area contributed by atoms with Crippen LogP contribution in [0.4, 0.5) is 0 Å². The fraction of sp³-hybridized carbons (Fsp3) is 0.471. The van der Waals surface area contributed by atoms with Gasteiger partial charge in [-0.15, -0.1) is 0 Å². The molecule has 0 aliphatic heterocycles. The standard InChI is InChI=1S/C17H24N2O2/c1-3-10-19-17(2,13-20)9-12-21-15-8-4-6-14-7-5-11-18-16(14)15/h4-8,11,19-20H,3,9-10,12-13H2,1-2H3. The van der Waals surface area contributed by atoms with Crippen molar-refractivity contribution in [3.63, 3.8) is 0 Å². The lowest BCUT2D eigenvalue weighted by Gasteiger charge is -2.28. The van der Waals surface area contributed by atoms with Crippen LogP contribution < -0.4 is 10.1 Å². The molecular formula is C17H24N2O2. The first-order chi connectivity index (χ1) is 10.2. The van der Waals surface area contributed by atoms with Gasteiger partial charge in [0.15, 0.2) is 0 Å². The number of nitrogens with zero attached hydrogens (tertiary/aromatic N) is 1. The fourth-order valence-electron chi connectivity index (χ4n) is 2.23. The van der Waals surface area contributed by atoms with Gasteiger partial charge >= 0.3 is 0 Å². The van der Waals surface area contributed by atoms with Gasteiger partial charge in [-0.3, -0.25) is 4.98 Å². The number of nitrogens with one attached hydrogen (secondary N) is 1. The molecule has 21 heavy (non-hydrogen) atoms. The van der Waals surface area contributed by atoms with Crippen LogP contribution in [0.15, 0.2) is 36.5 Å². The van der Waals surface area contributed by atoms with E-state index in [0.717, 1.165) is 36.0 Å². The third-order valence-electron chi connectivity index (χ3n) is 3.66. The van der Waals surface area contributed by atoms with Gasteiger partial charge in [-0.2, -0.15) is 0 Å². The number of hydrogen-bond donors (Lipinski definition) is 2. The molecule has 0 aliphatic rings. The summed E-state index contributed by atoms with van der Waals surface area (Å²) < 4.78 is 5.88. The highest BCUT2D eigenvalue weighted by molar-refractivity contribution is 5.84. The molecule has 0 saturated carbocycles. The second-order valence-corrected chi connectivity index (χ2v) is 5.58. The fourth-order valence-corrected chi connectivity index (χ4v) is 2.23. The van der Waals surface area contributed by atoms with Crippen LogP contribution in [0.3, 0.4) is 0 Å². The summed E-state index contributed by atoms with van der Waals surface area (Å²) in [6.07, 6.45) is 3.56. The van der Waals surface area contributed by atoms with Crippen LogP contribution in [0, 0.1) is 0 Å². The molecule has 1 aromatic heterocycles. The summed E-state index contributed by atoms with van der Waals surface area (Å²) in [6.45, 7) is 5.68. The number of fused-ring (bicyclic) bond motifs is 1. The first-order valence-electron chi connectivity index (χ1n) is 7.51. The van der Waals surface area contributed by atoms with Crippen LogP contribution in [0.5, 0.6) is 5.75 Å². The molecule has 2 aromatic rings. The predicted molar refractivity (Wildman–Crippen MR) is 85.6 cm³/mol. The lowest BCUT2D eigenvalue weighted by atomic mass is 9.99. The SMILES string of the molecule is CCCNC(C)(CO)CCOc1cccc2cccnc12. The third-order valence-corrected chi connectivity index (χ3v) is 3.66. The van der Waals surface area contributed by atoms with Crippen LogP contribution in [0.25, 0.3) is 10.9 Å². The van der Waals surface area contributed by atoms with E-state index in [1.54, 1.807) is 6.20 Å². The number of para-hydroxylation sites is 1. The molecule has 2 rings (SSSR count). The van der Waals surface area contributed by atoms with E-state index in [1.165, 1.54) is 0 Å². The lowest BCUT2D eigenvalue weighted by molar-refractivity contribution is 0.144. The molecule has 0 aliphatic carbocycles. The van der Waals surface area contributed by atoms with Crippen molar-refractivity contribution < 1.29 is 9.84 Å². The molecule has 114 valence electrons. The Labute approximate surface area is 126 Å². The first kappa shape index (κ1) is 15.7. The number of aliphatic hydroxyl groups is 1. The van der Waals surface area contributed by atoms with Crippen molar-refractivity contribution in [2.75, 3.05) is 19.8 Å². The Morgan fingerprint density at radius 3 is 2.86 bits per heavy atom. The molecule has 1 unspecified atom stereocenters. The van der Waals surface area contributed by atoms with E-state index in [1.807, 2.05) is 37.3 Å². The molecule has 0 bridgehead atoms. The highest BCUT2D eigenvalue weighted by Crippen LogP contribution is 2.23. The van der Waals surface area contributed by atoms with Crippen molar-refractivity contribution >= 4 is 10.9 Å². The molecule has 0 saturated heterocycles. The van der Waals surface area contributed by atoms with E-state index in [0.29, 0.717) is 6.61 Å². The monoisotopic (exact) mass is 288 g/mol. The molecule has 2 N–H and O–H groups in total. The smallest absolute Gasteiger partial charge is 0.145 e. The Bertz CT molecular complexity index is 568. The minimum Gasteiger partial charge on any atom is -0.491 e. The van der Waals surface area contributed by atoms with Gasteiger partial charge in [0.05, 0.1) is 13.2 Å². The van der Waals surface area contributed by atoms with Gasteiger partial charge in [0.25, 0.3) is 0 Å². The zero-order valence-corrected chi connectivity index (χ0v) is 12.8. The van der Waals surface area contributed by atoms with Crippen molar-refractivity contribution in [1.82, 2.24) is 10.3 Å². The number of hydrogen-bond acceptors (Lipinski definition) is 4. The first-order valence-corrected chi connectivity index (χ1v) is 7.51. The molecular weight excluding hydrogens is 264 g/mol. The van der Waals surface area contributed by atoms with Crippen LogP contribution in [0.2, 0.25) is 0 Å². The molecule has 0 radical (unpaired) electrons. The van der Waals surface area contributed by atoms with Crippen LogP contribution >= 0.6 is 0 Å². The minimum absolute atomic E-state index is 0.101. The van der Waals surface area contributed by atoms with Gasteiger partial charge in [0.2, 0.25) is 0 Å². The van der Waals surface area contributed by atoms with Crippen molar-refractivity contribution in [3.05, 3.63) is 36.5 Å². The van der Waals surface area contributed by atoms with Crippen molar-refractivity contribution in [2.45, 2.75) is 32.2 Å². The number of aliphatic hydroxyl groups excluding tert-OH is 1. The van der Waals surface area contributed by atoms with Gasteiger partial charge in [-0.05, 0) is 32.0 Å². The average Bonchev–Trinajstić information content (AvgIpc) is 2.53. The average molecular weight is 288 g/mol. The lowest BCUT2D eigenvalue weighted by Crippen LogP contribution is -2.47. The van der Waals surface area contributed by atoms with E-state index in [2.05, 4.69) is 17.2 Å². The van der Waals surface area contributed by atoms with Gasteiger partial charge < -0.3 is 15.2 Å². The molecule has 4 nitrogen and oxygen atoms in total. The summed E-state index contributed by atoms with van der Waals surface area (Å²) in [7, 11) is 0. The van der Waals surface area contributed by atoms with Crippen LogP contribution in [-0.4, -0.2) is 35.4 Å². The molecule has 0 amide bonds. The molecule has 1 heterocycles. The maximum Gasteiger partial charge on any atom is 0.145 e. The van der Waals surface area contributed by atoms with Gasteiger partial charge in [-0.1, -0.05) is 25.1 Å². The van der Waals surface area contributed by atoms with Crippen molar-refractivity contribution in [3.8, 4) is 5.75 Å². The summed E-state index contributed by atoms with van der Waals surface area (Å²) in [5.41, 5.74) is 0.584. The van der Waals surface area contributed by atoms with E-state index in [-0.39, 0.29) is 12.1 Å². The summed E-state index contributed by atoms with van der Waals surface area (Å²) in [5, 5.41) is 14.0. The maximum atomic E-state index is 9.55. The molecule has 0 spiro atoms. The maximum absolute atomic E-state index is 9.55. The molecule has 1 atom stereocenters. The normalized spacial score (nSPS) is 14.0. The highest BCUT2D eigenvalue weighted by Gasteiger charge is 2.22. The van der Waals surface area contributed by atoms with Crippen molar-refractivity contribution in [1.29, 1.82) is 0 Å². The van der Waals surface area contributed by atoms with Gasteiger partial charge in [0.1, 0.15) is 11.3 Å². The summed E-state index contributed by atoms with van der Waals surface area (Å²) in [4.78, 5) is 4.38. The minimum atomic E-state index is -0.298. The number of rotatable bonds is 8. The second-order valence-electron chi connectivity index (χ2n) is 5.58. The van der Waals surface area contributed by atoms with Gasteiger partial charge in [-0.25, -0.2) is 0 Å². The number of pyridine rings is 1. The number of ether oxygens (including phenoxy) is 1. The Kier molecular flexibility index (Phi) is 5.53. The summed E-state index contributed by atoms with van der Waals surface area (Å²) in [5.74, 6) is 0.795. The predicted octanol–water partition coefficient (Wildman–Crippen LogP) is 2.75. The van der Waals surface area contributed by atoms with Crippen molar-refractivity contribution in [2.24, 2.45) is 0 Å². The Hall–Kier alpha value is -1.65. The highest BCUT2D eigenvalue weighted by atomic mass is 16.5. The summed E-state index contributed by atoms with van der Waals surface area (Å²) in [6, 6.07) is 9.88. The van der Waals surface area contributed by atoms with Crippen LogP contribution in [0.1, 0.15) is 26.7 Å². The largest absolute Gasteiger partial charge is 0.491 e. The number of benzene rings is 1. The quantitative estimate of drug-likeness (QED) is 0.784. The second kappa shape index (κ2) is 7.38. The van der Waals surface area contributed by atoms with Crippen LogP contribution in [-0.2, 0) is 0 Å². The number of aromatic nitrogens is 1.